The summed E-state index contributed by atoms with van der Waals surface area (Å²) >= 11 is 0. The van der Waals surface area contributed by atoms with E-state index in [0.717, 1.165) is 50.5 Å². The lowest BCUT2D eigenvalue weighted by Gasteiger charge is -2.12. The average Bonchev–Trinajstić information content (AvgIpc) is 2.61. The molecule has 0 saturated carbocycles. The van der Waals surface area contributed by atoms with Gasteiger partial charge in [-0.25, -0.2) is 0 Å². The fourth-order valence-electron chi connectivity index (χ4n) is 2.08. The number of methoxy groups -OCH3 is 1. The second-order valence-corrected chi connectivity index (χ2v) is 5.51. The summed E-state index contributed by atoms with van der Waals surface area (Å²) in [4.78, 5) is 16.1. The Kier molecular flexibility index (Phi) is 14.1. The molecule has 0 bridgehead atoms. The van der Waals surface area contributed by atoms with Crippen LogP contribution in [0.2, 0.25) is 0 Å². The topological polar surface area (TPSA) is 74.8 Å². The second-order valence-electron chi connectivity index (χ2n) is 5.51. The normalized spacial score (nSPS) is 10.8. The zero-order valence-electron chi connectivity index (χ0n) is 15.4. The van der Waals surface area contributed by atoms with Crippen LogP contribution in [0.4, 0.5) is 0 Å². The molecule has 0 radical (unpaired) electrons. The van der Waals surface area contributed by atoms with E-state index in [1.807, 2.05) is 24.3 Å². The van der Waals surface area contributed by atoms with Gasteiger partial charge < -0.3 is 20.7 Å². The SMILES string of the molecule is CCCCNC(=O)c1ccc(CNC(=NC)NCCCOC)cc1.I. The highest BCUT2D eigenvalue weighted by atomic mass is 127. The maximum Gasteiger partial charge on any atom is 0.251 e. The van der Waals surface area contributed by atoms with Crippen molar-refractivity contribution in [3.05, 3.63) is 35.4 Å². The van der Waals surface area contributed by atoms with Crippen molar-refractivity contribution in [2.75, 3.05) is 33.9 Å². The van der Waals surface area contributed by atoms with Crippen LogP contribution in [0.25, 0.3) is 0 Å². The van der Waals surface area contributed by atoms with Gasteiger partial charge >= 0.3 is 0 Å². The maximum atomic E-state index is 11.9. The van der Waals surface area contributed by atoms with Crippen molar-refractivity contribution in [1.82, 2.24) is 16.0 Å². The van der Waals surface area contributed by atoms with Crippen LogP contribution in [0.1, 0.15) is 42.1 Å². The van der Waals surface area contributed by atoms with Crippen LogP contribution >= 0.6 is 24.0 Å². The zero-order valence-corrected chi connectivity index (χ0v) is 17.8. The molecule has 7 heteroatoms. The third kappa shape index (κ3) is 10.3. The van der Waals surface area contributed by atoms with Crippen molar-refractivity contribution in [3.63, 3.8) is 0 Å². The molecule has 1 aromatic carbocycles. The monoisotopic (exact) mass is 462 g/mol. The Bertz CT molecular complexity index is 506. The summed E-state index contributed by atoms with van der Waals surface area (Å²) in [6.45, 7) is 5.02. The van der Waals surface area contributed by atoms with Crippen LogP contribution < -0.4 is 16.0 Å². The minimum Gasteiger partial charge on any atom is -0.385 e. The first-order valence-electron chi connectivity index (χ1n) is 8.51. The fraction of sp³-hybridized carbons (Fsp3) is 0.556. The predicted molar refractivity (Wildman–Crippen MR) is 114 cm³/mol. The van der Waals surface area contributed by atoms with Crippen molar-refractivity contribution < 1.29 is 9.53 Å². The van der Waals surface area contributed by atoms with Crippen molar-refractivity contribution in [1.29, 1.82) is 0 Å². The Morgan fingerprint density at radius 1 is 1.08 bits per heavy atom. The second kappa shape index (κ2) is 14.9. The Morgan fingerprint density at radius 3 is 2.36 bits per heavy atom. The molecule has 0 saturated heterocycles. The largest absolute Gasteiger partial charge is 0.385 e. The third-order valence-electron chi connectivity index (χ3n) is 3.53. The number of aliphatic imine (C=N–C) groups is 1. The van der Waals surface area contributed by atoms with Crippen molar-refractivity contribution >= 4 is 35.8 Å². The number of hydrogen-bond acceptors (Lipinski definition) is 3. The third-order valence-corrected chi connectivity index (χ3v) is 3.53. The molecule has 1 rings (SSSR count). The number of ether oxygens (including phenoxy) is 1. The molecule has 1 amide bonds. The number of halogens is 1. The number of hydrogen-bond donors (Lipinski definition) is 3. The van der Waals surface area contributed by atoms with Crippen molar-refractivity contribution in [2.45, 2.75) is 32.7 Å². The van der Waals surface area contributed by atoms with E-state index < -0.39 is 0 Å². The molecule has 0 fully saturated rings. The summed E-state index contributed by atoms with van der Waals surface area (Å²) in [5, 5.41) is 9.40. The van der Waals surface area contributed by atoms with Gasteiger partial charge in [0.25, 0.3) is 5.91 Å². The van der Waals surface area contributed by atoms with E-state index >= 15 is 0 Å². The number of carbonyl (C=O) groups excluding carboxylic acids is 1. The van der Waals surface area contributed by atoms with E-state index in [9.17, 15) is 4.79 Å². The molecule has 6 nitrogen and oxygen atoms in total. The van der Waals surface area contributed by atoms with Gasteiger partial charge in [-0.2, -0.15) is 0 Å². The van der Waals surface area contributed by atoms with E-state index in [1.54, 1.807) is 14.2 Å². The van der Waals surface area contributed by atoms with Crippen LogP contribution in [0.15, 0.2) is 29.3 Å². The van der Waals surface area contributed by atoms with Crippen molar-refractivity contribution in [3.8, 4) is 0 Å². The predicted octanol–water partition coefficient (Wildman–Crippen LogP) is 2.54. The van der Waals surface area contributed by atoms with Gasteiger partial charge in [0.2, 0.25) is 0 Å². The molecule has 25 heavy (non-hydrogen) atoms. The molecule has 0 aliphatic carbocycles. The molecule has 0 heterocycles. The molecule has 3 N–H and O–H groups in total. The van der Waals surface area contributed by atoms with Crippen LogP contribution in [-0.4, -0.2) is 45.7 Å². The lowest BCUT2D eigenvalue weighted by atomic mass is 10.1. The van der Waals surface area contributed by atoms with E-state index in [-0.39, 0.29) is 29.9 Å². The lowest BCUT2D eigenvalue weighted by Crippen LogP contribution is -2.37. The summed E-state index contributed by atoms with van der Waals surface area (Å²) in [5.74, 6) is 0.742. The molecule has 0 aliphatic rings. The standard InChI is InChI=1S/C18H30N4O2.HI/c1-4-5-11-20-17(23)16-9-7-15(8-10-16)14-22-18(19-2)21-12-6-13-24-3;/h7-10H,4-6,11-14H2,1-3H3,(H,20,23)(H2,19,21,22);1H. The Morgan fingerprint density at radius 2 is 1.76 bits per heavy atom. The lowest BCUT2D eigenvalue weighted by molar-refractivity contribution is 0.0953. The van der Waals surface area contributed by atoms with Gasteiger partial charge in [0.15, 0.2) is 5.96 Å². The average molecular weight is 462 g/mol. The minimum absolute atomic E-state index is 0. The van der Waals surface area contributed by atoms with E-state index in [2.05, 4.69) is 27.9 Å². The highest BCUT2D eigenvalue weighted by Crippen LogP contribution is 2.04. The first kappa shape index (κ1) is 23.6. The van der Waals surface area contributed by atoms with Crippen LogP contribution in [-0.2, 0) is 11.3 Å². The first-order chi connectivity index (χ1) is 11.7. The number of rotatable bonds is 10. The number of benzene rings is 1. The molecule has 0 spiro atoms. The number of nitrogens with one attached hydrogen (secondary N) is 3. The number of guanidine groups is 1. The van der Waals surface area contributed by atoms with Crippen LogP contribution in [0.3, 0.4) is 0 Å². The molecule has 0 aromatic heterocycles. The first-order valence-corrected chi connectivity index (χ1v) is 8.51. The summed E-state index contributed by atoms with van der Waals surface area (Å²) in [5.41, 5.74) is 1.79. The van der Waals surface area contributed by atoms with E-state index in [4.69, 9.17) is 4.74 Å². The molecular formula is C18H31IN4O2. The zero-order chi connectivity index (χ0) is 17.6. The van der Waals surface area contributed by atoms with Gasteiger partial charge in [-0.05, 0) is 30.5 Å². The summed E-state index contributed by atoms with van der Waals surface area (Å²) in [6.07, 6.45) is 3.01. The maximum absolute atomic E-state index is 11.9. The van der Waals surface area contributed by atoms with Gasteiger partial charge in [-0.3, -0.25) is 9.79 Å². The molecule has 0 aliphatic heterocycles. The van der Waals surface area contributed by atoms with E-state index in [0.29, 0.717) is 12.1 Å². The highest BCUT2D eigenvalue weighted by molar-refractivity contribution is 14.0. The van der Waals surface area contributed by atoms with Gasteiger partial charge in [-0.1, -0.05) is 25.5 Å². The summed E-state index contributed by atoms with van der Waals surface area (Å²) in [7, 11) is 3.44. The van der Waals surface area contributed by atoms with Gasteiger partial charge in [-0.15, -0.1) is 24.0 Å². The van der Waals surface area contributed by atoms with Crippen LogP contribution in [0.5, 0.6) is 0 Å². The fourth-order valence-corrected chi connectivity index (χ4v) is 2.08. The smallest absolute Gasteiger partial charge is 0.251 e. The highest BCUT2D eigenvalue weighted by Gasteiger charge is 2.04. The summed E-state index contributed by atoms with van der Waals surface area (Å²) < 4.78 is 5.01. The van der Waals surface area contributed by atoms with Crippen molar-refractivity contribution in [2.24, 2.45) is 4.99 Å². The van der Waals surface area contributed by atoms with Gasteiger partial charge in [0.05, 0.1) is 0 Å². The minimum atomic E-state index is -0.0152. The summed E-state index contributed by atoms with van der Waals surface area (Å²) in [6, 6.07) is 7.63. The Labute approximate surface area is 168 Å². The van der Waals surface area contributed by atoms with Gasteiger partial charge in [0, 0.05) is 46.0 Å². The van der Waals surface area contributed by atoms with Gasteiger partial charge in [0.1, 0.15) is 0 Å². The number of nitrogens with zero attached hydrogens (tertiary/aromatic N) is 1. The quantitative estimate of drug-likeness (QED) is 0.216. The number of amides is 1. The van der Waals surface area contributed by atoms with Crippen LogP contribution in [0, 0.1) is 0 Å². The Balaban J connectivity index is 0.00000576. The van der Waals surface area contributed by atoms with E-state index in [1.165, 1.54) is 0 Å². The molecule has 142 valence electrons. The molecule has 0 unspecified atom stereocenters. The molecule has 0 atom stereocenters. The molecular weight excluding hydrogens is 431 g/mol. The Hall–Kier alpha value is -1.35. The number of carbonyl (C=O) groups is 1. The number of unbranched alkanes of at least 4 members (excludes halogenated alkanes) is 1. The molecule has 1 aromatic rings.